The van der Waals surface area contributed by atoms with Crippen molar-refractivity contribution in [1.29, 1.82) is 0 Å². The summed E-state index contributed by atoms with van der Waals surface area (Å²) in [5, 5.41) is 3.70. The topological polar surface area (TPSA) is 28.2 Å². The average Bonchev–Trinajstić information content (AvgIpc) is 2.62. The summed E-state index contributed by atoms with van der Waals surface area (Å²) >= 11 is 0. The van der Waals surface area contributed by atoms with E-state index in [-0.39, 0.29) is 0 Å². The van der Waals surface area contributed by atoms with Crippen LogP contribution in [0.15, 0.2) is 24.5 Å². The van der Waals surface area contributed by atoms with E-state index in [1.54, 1.807) is 0 Å². The maximum atomic E-state index is 4.08. The molecular formula is C16H27N3. The fourth-order valence-corrected chi connectivity index (χ4v) is 2.61. The molecule has 1 unspecified atom stereocenters. The second kappa shape index (κ2) is 6.49. The first kappa shape index (κ1) is 14.5. The van der Waals surface area contributed by atoms with Crippen molar-refractivity contribution < 1.29 is 0 Å². The zero-order chi connectivity index (χ0) is 13.7. The first-order valence-electron chi connectivity index (χ1n) is 7.40. The van der Waals surface area contributed by atoms with Gasteiger partial charge in [0, 0.05) is 31.5 Å². The Hall–Kier alpha value is -0.930. The van der Waals surface area contributed by atoms with Crippen molar-refractivity contribution in [3.8, 4) is 0 Å². The van der Waals surface area contributed by atoms with E-state index in [1.807, 2.05) is 12.4 Å². The Bertz CT molecular complexity index is 369. The van der Waals surface area contributed by atoms with Gasteiger partial charge in [-0.2, -0.15) is 0 Å². The summed E-state index contributed by atoms with van der Waals surface area (Å²) in [6.07, 6.45) is 6.15. The van der Waals surface area contributed by atoms with Crippen LogP contribution in [0.2, 0.25) is 0 Å². The van der Waals surface area contributed by atoms with Gasteiger partial charge in [-0.15, -0.1) is 0 Å². The second-order valence-electron chi connectivity index (χ2n) is 6.63. The first-order valence-corrected chi connectivity index (χ1v) is 7.40. The Labute approximate surface area is 117 Å². The van der Waals surface area contributed by atoms with Crippen LogP contribution < -0.4 is 5.32 Å². The van der Waals surface area contributed by atoms with Crippen LogP contribution in [0.4, 0.5) is 0 Å². The van der Waals surface area contributed by atoms with E-state index in [1.165, 1.54) is 18.5 Å². The highest BCUT2D eigenvalue weighted by Crippen LogP contribution is 2.21. The molecule has 2 rings (SSSR count). The molecule has 2 heterocycles. The van der Waals surface area contributed by atoms with Gasteiger partial charge in [0.15, 0.2) is 0 Å². The van der Waals surface area contributed by atoms with Gasteiger partial charge in [0.05, 0.1) is 0 Å². The Morgan fingerprint density at radius 1 is 1.32 bits per heavy atom. The van der Waals surface area contributed by atoms with Crippen molar-refractivity contribution in [3.05, 3.63) is 30.1 Å². The van der Waals surface area contributed by atoms with Gasteiger partial charge < -0.3 is 10.2 Å². The lowest BCUT2D eigenvalue weighted by molar-refractivity contribution is 0.198. The highest BCUT2D eigenvalue weighted by atomic mass is 15.2. The van der Waals surface area contributed by atoms with Gasteiger partial charge in [0.2, 0.25) is 0 Å². The van der Waals surface area contributed by atoms with E-state index in [4.69, 9.17) is 0 Å². The molecule has 0 radical (unpaired) electrons. The monoisotopic (exact) mass is 261 g/mol. The van der Waals surface area contributed by atoms with Crippen molar-refractivity contribution >= 4 is 0 Å². The van der Waals surface area contributed by atoms with Crippen LogP contribution in [-0.2, 0) is 6.42 Å². The molecule has 0 bridgehead atoms. The first-order chi connectivity index (χ1) is 9.05. The number of pyridine rings is 1. The summed E-state index contributed by atoms with van der Waals surface area (Å²) in [6.45, 7) is 11.7. The number of nitrogens with one attached hydrogen (secondary N) is 1. The van der Waals surface area contributed by atoms with E-state index in [0.29, 0.717) is 11.5 Å². The van der Waals surface area contributed by atoms with E-state index in [2.05, 4.69) is 48.1 Å². The summed E-state index contributed by atoms with van der Waals surface area (Å²) in [7, 11) is 0. The van der Waals surface area contributed by atoms with E-state index >= 15 is 0 Å². The molecule has 0 amide bonds. The lowest BCUT2D eigenvalue weighted by Crippen LogP contribution is -2.46. The van der Waals surface area contributed by atoms with Gasteiger partial charge in [-0.3, -0.25) is 4.98 Å². The van der Waals surface area contributed by atoms with Crippen molar-refractivity contribution in [2.45, 2.75) is 39.7 Å². The van der Waals surface area contributed by atoms with Crippen LogP contribution >= 0.6 is 0 Å². The van der Waals surface area contributed by atoms with Crippen molar-refractivity contribution in [1.82, 2.24) is 15.2 Å². The SMILES string of the molecule is CC(C)(C)C1CN(CCc2ccncc2)CCCN1. The van der Waals surface area contributed by atoms with Gasteiger partial charge in [-0.1, -0.05) is 20.8 Å². The third-order valence-electron chi connectivity index (χ3n) is 3.99. The molecule has 1 aliphatic rings. The molecule has 106 valence electrons. The van der Waals surface area contributed by atoms with Crippen molar-refractivity contribution in [2.75, 3.05) is 26.2 Å². The van der Waals surface area contributed by atoms with Crippen LogP contribution in [0, 0.1) is 5.41 Å². The standard InChI is InChI=1S/C16H27N3/c1-16(2,3)15-13-19(11-4-8-18-15)12-7-14-5-9-17-10-6-14/h5-6,9-10,15,18H,4,7-8,11-13H2,1-3H3. The van der Waals surface area contributed by atoms with Crippen LogP contribution in [0.25, 0.3) is 0 Å². The molecule has 0 aromatic carbocycles. The zero-order valence-corrected chi connectivity index (χ0v) is 12.5. The molecule has 0 saturated carbocycles. The minimum atomic E-state index is 0.333. The predicted molar refractivity (Wildman–Crippen MR) is 80.2 cm³/mol. The summed E-state index contributed by atoms with van der Waals surface area (Å²) in [6, 6.07) is 4.83. The van der Waals surface area contributed by atoms with Gasteiger partial charge in [0.1, 0.15) is 0 Å². The minimum absolute atomic E-state index is 0.333. The van der Waals surface area contributed by atoms with Crippen LogP contribution in [0.5, 0.6) is 0 Å². The molecule has 0 aliphatic carbocycles. The molecule has 3 heteroatoms. The lowest BCUT2D eigenvalue weighted by Gasteiger charge is -2.33. The normalized spacial score (nSPS) is 22.2. The molecule has 1 aromatic rings. The maximum Gasteiger partial charge on any atom is 0.0270 e. The van der Waals surface area contributed by atoms with Crippen LogP contribution in [0.3, 0.4) is 0 Å². The highest BCUT2D eigenvalue weighted by Gasteiger charge is 2.27. The highest BCUT2D eigenvalue weighted by molar-refractivity contribution is 5.10. The van der Waals surface area contributed by atoms with Gasteiger partial charge in [-0.05, 0) is 49.0 Å². The molecule has 1 N–H and O–H groups in total. The molecule has 1 atom stereocenters. The smallest absolute Gasteiger partial charge is 0.0270 e. The zero-order valence-electron chi connectivity index (χ0n) is 12.5. The molecule has 1 aliphatic heterocycles. The van der Waals surface area contributed by atoms with E-state index < -0.39 is 0 Å². The number of hydrogen-bond acceptors (Lipinski definition) is 3. The molecule has 3 nitrogen and oxygen atoms in total. The Morgan fingerprint density at radius 3 is 2.74 bits per heavy atom. The lowest BCUT2D eigenvalue weighted by atomic mass is 9.86. The van der Waals surface area contributed by atoms with Crippen molar-refractivity contribution in [3.63, 3.8) is 0 Å². The Balaban J connectivity index is 1.88. The molecule has 0 spiro atoms. The number of rotatable bonds is 3. The van der Waals surface area contributed by atoms with Crippen molar-refractivity contribution in [2.24, 2.45) is 5.41 Å². The average molecular weight is 261 g/mol. The van der Waals surface area contributed by atoms with Crippen LogP contribution in [-0.4, -0.2) is 42.1 Å². The molecule has 1 saturated heterocycles. The fourth-order valence-electron chi connectivity index (χ4n) is 2.61. The summed E-state index contributed by atoms with van der Waals surface area (Å²) in [5.74, 6) is 0. The number of hydrogen-bond donors (Lipinski definition) is 1. The minimum Gasteiger partial charge on any atom is -0.312 e. The molecule has 1 aromatic heterocycles. The number of aromatic nitrogens is 1. The third-order valence-corrected chi connectivity index (χ3v) is 3.99. The Morgan fingerprint density at radius 2 is 2.05 bits per heavy atom. The summed E-state index contributed by atoms with van der Waals surface area (Å²) in [5.41, 5.74) is 1.72. The molecule has 1 fully saturated rings. The van der Waals surface area contributed by atoms with Gasteiger partial charge in [0.25, 0.3) is 0 Å². The maximum absolute atomic E-state index is 4.08. The van der Waals surface area contributed by atoms with E-state index in [0.717, 1.165) is 26.1 Å². The van der Waals surface area contributed by atoms with Crippen LogP contribution in [0.1, 0.15) is 32.8 Å². The summed E-state index contributed by atoms with van der Waals surface area (Å²) < 4.78 is 0. The Kier molecular flexibility index (Phi) is 4.94. The van der Waals surface area contributed by atoms with E-state index in [9.17, 15) is 0 Å². The molecular weight excluding hydrogens is 234 g/mol. The number of nitrogens with zero attached hydrogens (tertiary/aromatic N) is 2. The molecule has 19 heavy (non-hydrogen) atoms. The van der Waals surface area contributed by atoms with Gasteiger partial charge >= 0.3 is 0 Å². The fraction of sp³-hybridized carbons (Fsp3) is 0.688. The predicted octanol–water partition coefficient (Wildman–Crippen LogP) is 2.33. The van der Waals surface area contributed by atoms with Gasteiger partial charge in [-0.25, -0.2) is 0 Å². The second-order valence-corrected chi connectivity index (χ2v) is 6.63. The third kappa shape index (κ3) is 4.59. The largest absolute Gasteiger partial charge is 0.312 e. The quantitative estimate of drug-likeness (QED) is 0.905. The summed E-state index contributed by atoms with van der Waals surface area (Å²) in [4.78, 5) is 6.68.